The molecule has 112 valence electrons. The molecule has 1 aromatic carbocycles. The average Bonchev–Trinajstić information content (AvgIpc) is 2.26. The summed E-state index contributed by atoms with van der Waals surface area (Å²) in [7, 11) is -3.71. The summed E-state index contributed by atoms with van der Waals surface area (Å²) >= 11 is 3.11. The first-order valence-corrected chi connectivity index (χ1v) is 8.28. The van der Waals surface area contributed by atoms with E-state index in [9.17, 15) is 13.2 Å². The van der Waals surface area contributed by atoms with Crippen molar-refractivity contribution in [3.8, 4) is 0 Å². The van der Waals surface area contributed by atoms with Crippen molar-refractivity contribution in [2.24, 2.45) is 5.41 Å². The molecule has 0 heterocycles. The highest BCUT2D eigenvalue weighted by Gasteiger charge is 2.27. The Labute approximate surface area is 127 Å². The molecule has 0 saturated carbocycles. The molecule has 2 N–H and O–H groups in total. The van der Waals surface area contributed by atoms with Crippen LogP contribution in [0.5, 0.6) is 0 Å². The van der Waals surface area contributed by atoms with Gasteiger partial charge in [0.1, 0.15) is 0 Å². The molecule has 5 nitrogen and oxygen atoms in total. The van der Waals surface area contributed by atoms with Gasteiger partial charge in [0.15, 0.2) is 0 Å². The lowest BCUT2D eigenvalue weighted by atomic mass is 9.89. The van der Waals surface area contributed by atoms with Gasteiger partial charge in [-0.3, -0.25) is 0 Å². The van der Waals surface area contributed by atoms with E-state index >= 15 is 0 Å². The van der Waals surface area contributed by atoms with Crippen LogP contribution in [0.15, 0.2) is 27.6 Å². The summed E-state index contributed by atoms with van der Waals surface area (Å²) in [5.41, 5.74) is -0.194. The monoisotopic (exact) mass is 363 g/mol. The molecule has 0 amide bonds. The van der Waals surface area contributed by atoms with Crippen LogP contribution < -0.4 is 4.72 Å². The summed E-state index contributed by atoms with van der Waals surface area (Å²) in [5, 5.41) is 8.87. The van der Waals surface area contributed by atoms with Crippen molar-refractivity contribution in [2.75, 3.05) is 0 Å². The third-order valence-corrected chi connectivity index (χ3v) is 5.62. The fourth-order valence-corrected chi connectivity index (χ4v) is 3.85. The van der Waals surface area contributed by atoms with Gasteiger partial charge in [0, 0.05) is 10.5 Å². The summed E-state index contributed by atoms with van der Waals surface area (Å²) in [4.78, 5) is 10.9. The van der Waals surface area contributed by atoms with Crippen LogP contribution in [-0.4, -0.2) is 25.5 Å². The van der Waals surface area contributed by atoms with E-state index in [0.717, 1.165) is 0 Å². The Morgan fingerprint density at radius 1 is 1.35 bits per heavy atom. The number of aromatic carboxylic acids is 1. The van der Waals surface area contributed by atoms with Crippen LogP contribution in [0.3, 0.4) is 0 Å². The van der Waals surface area contributed by atoms with Crippen LogP contribution in [0.2, 0.25) is 0 Å². The number of benzene rings is 1. The Hall–Kier alpha value is -0.920. The molecule has 0 aliphatic carbocycles. The maximum absolute atomic E-state index is 12.3. The molecule has 1 unspecified atom stereocenters. The topological polar surface area (TPSA) is 83.5 Å². The number of carboxylic acids is 1. The summed E-state index contributed by atoms with van der Waals surface area (Å²) in [6.07, 6.45) is 0. The molecule has 0 aliphatic heterocycles. The third kappa shape index (κ3) is 4.04. The van der Waals surface area contributed by atoms with E-state index in [1.807, 2.05) is 20.8 Å². The Morgan fingerprint density at radius 3 is 2.30 bits per heavy atom. The highest BCUT2D eigenvalue weighted by Crippen LogP contribution is 2.26. The van der Waals surface area contributed by atoms with E-state index in [2.05, 4.69) is 20.7 Å². The molecule has 0 radical (unpaired) electrons. The van der Waals surface area contributed by atoms with Gasteiger partial charge in [0.2, 0.25) is 10.0 Å². The maximum Gasteiger partial charge on any atom is 0.335 e. The van der Waals surface area contributed by atoms with E-state index in [1.165, 1.54) is 18.2 Å². The van der Waals surface area contributed by atoms with E-state index in [-0.39, 0.29) is 26.4 Å². The van der Waals surface area contributed by atoms with Crippen molar-refractivity contribution in [3.05, 3.63) is 28.2 Å². The molecule has 0 bridgehead atoms. The smallest absolute Gasteiger partial charge is 0.335 e. The Morgan fingerprint density at radius 2 is 1.90 bits per heavy atom. The minimum Gasteiger partial charge on any atom is -0.478 e. The first kappa shape index (κ1) is 17.1. The SMILES string of the molecule is CC(NS(=O)(=O)c1ccc(C(=O)O)cc1Br)C(C)(C)C. The fourth-order valence-electron chi connectivity index (χ4n) is 1.32. The van der Waals surface area contributed by atoms with E-state index in [4.69, 9.17) is 5.11 Å². The molecule has 0 aromatic heterocycles. The molecular formula is C13H18BrNO4S. The van der Waals surface area contributed by atoms with Crippen molar-refractivity contribution in [1.29, 1.82) is 0 Å². The number of carboxylic acid groups (broad SMARTS) is 1. The second kappa shape index (κ2) is 5.83. The van der Waals surface area contributed by atoms with Gasteiger partial charge < -0.3 is 5.11 Å². The zero-order chi connectivity index (χ0) is 15.7. The number of nitrogens with one attached hydrogen (secondary N) is 1. The number of rotatable bonds is 4. The second-order valence-electron chi connectivity index (χ2n) is 5.66. The van der Waals surface area contributed by atoms with Crippen molar-refractivity contribution in [2.45, 2.75) is 38.6 Å². The molecule has 1 aromatic rings. The second-order valence-corrected chi connectivity index (χ2v) is 8.20. The van der Waals surface area contributed by atoms with Gasteiger partial charge in [-0.25, -0.2) is 17.9 Å². The first-order chi connectivity index (χ1) is 8.95. The zero-order valence-electron chi connectivity index (χ0n) is 11.8. The van der Waals surface area contributed by atoms with Crippen LogP contribution in [0, 0.1) is 5.41 Å². The van der Waals surface area contributed by atoms with E-state index in [0.29, 0.717) is 0 Å². The van der Waals surface area contributed by atoms with Crippen LogP contribution >= 0.6 is 15.9 Å². The van der Waals surface area contributed by atoms with Crippen molar-refractivity contribution in [3.63, 3.8) is 0 Å². The zero-order valence-corrected chi connectivity index (χ0v) is 14.2. The van der Waals surface area contributed by atoms with Gasteiger partial charge in [0.25, 0.3) is 0 Å². The number of carbonyl (C=O) groups is 1. The summed E-state index contributed by atoms with van der Waals surface area (Å²) in [5.74, 6) is -1.11. The molecule has 0 fully saturated rings. The summed E-state index contributed by atoms with van der Waals surface area (Å²) in [6.45, 7) is 7.59. The van der Waals surface area contributed by atoms with Crippen molar-refractivity contribution in [1.82, 2.24) is 4.72 Å². The fraction of sp³-hybridized carbons (Fsp3) is 0.462. The molecule has 1 atom stereocenters. The number of sulfonamides is 1. The molecule has 20 heavy (non-hydrogen) atoms. The van der Waals surface area contributed by atoms with Gasteiger partial charge in [-0.15, -0.1) is 0 Å². The summed E-state index contributed by atoms with van der Waals surface area (Å²) < 4.78 is 27.4. The van der Waals surface area contributed by atoms with Gasteiger partial charge in [-0.1, -0.05) is 20.8 Å². The number of hydrogen-bond acceptors (Lipinski definition) is 3. The average molecular weight is 364 g/mol. The third-order valence-electron chi connectivity index (χ3n) is 3.10. The van der Waals surface area contributed by atoms with Crippen molar-refractivity contribution >= 4 is 31.9 Å². The molecule has 0 saturated heterocycles. The van der Waals surface area contributed by atoms with E-state index < -0.39 is 16.0 Å². The lowest BCUT2D eigenvalue weighted by molar-refractivity contribution is 0.0696. The van der Waals surface area contributed by atoms with Gasteiger partial charge in [-0.2, -0.15) is 0 Å². The van der Waals surface area contributed by atoms with Crippen LogP contribution in [0.4, 0.5) is 0 Å². The number of halogens is 1. The van der Waals surface area contributed by atoms with Gasteiger partial charge in [-0.05, 0) is 46.5 Å². The normalized spacial score (nSPS) is 14.1. The van der Waals surface area contributed by atoms with Crippen LogP contribution in [0.25, 0.3) is 0 Å². The maximum atomic E-state index is 12.3. The van der Waals surface area contributed by atoms with Crippen molar-refractivity contribution < 1.29 is 18.3 Å². The highest BCUT2D eigenvalue weighted by atomic mass is 79.9. The summed E-state index contributed by atoms with van der Waals surface area (Å²) in [6, 6.07) is 3.56. The number of hydrogen-bond donors (Lipinski definition) is 2. The van der Waals surface area contributed by atoms with Gasteiger partial charge >= 0.3 is 5.97 Å². The lowest BCUT2D eigenvalue weighted by Gasteiger charge is -2.28. The predicted molar refractivity (Wildman–Crippen MR) is 80.3 cm³/mol. The van der Waals surface area contributed by atoms with E-state index in [1.54, 1.807) is 6.92 Å². The molecule has 1 rings (SSSR count). The Kier molecular flexibility index (Phi) is 4.99. The quantitative estimate of drug-likeness (QED) is 0.861. The Bertz CT molecular complexity index is 620. The highest BCUT2D eigenvalue weighted by molar-refractivity contribution is 9.10. The first-order valence-electron chi connectivity index (χ1n) is 6.00. The minimum atomic E-state index is -3.71. The molecule has 0 spiro atoms. The molecular weight excluding hydrogens is 346 g/mol. The minimum absolute atomic E-state index is 0.0265. The molecule has 7 heteroatoms. The van der Waals surface area contributed by atoms with Crippen LogP contribution in [0.1, 0.15) is 38.1 Å². The molecule has 0 aliphatic rings. The Balaban J connectivity index is 3.14. The standard InChI is InChI=1S/C13H18BrNO4S/c1-8(13(2,3)4)15-20(18,19)11-6-5-9(12(16)17)7-10(11)14/h5-8,15H,1-4H3,(H,16,17). The lowest BCUT2D eigenvalue weighted by Crippen LogP contribution is -2.41. The largest absolute Gasteiger partial charge is 0.478 e. The van der Waals surface area contributed by atoms with Crippen LogP contribution in [-0.2, 0) is 10.0 Å². The van der Waals surface area contributed by atoms with Gasteiger partial charge in [0.05, 0.1) is 10.5 Å². The predicted octanol–water partition coefficient (Wildman–Crippen LogP) is 2.86.